The first-order valence-corrected chi connectivity index (χ1v) is 7.17. The molecule has 1 aliphatic carbocycles. The smallest absolute Gasteiger partial charge is 0.191 e. The quantitative estimate of drug-likeness (QED) is 0.648. The fraction of sp³-hybridized carbons (Fsp3) is 0.600. The van der Waals surface area contributed by atoms with Gasteiger partial charge in [0, 0.05) is 18.8 Å². The van der Waals surface area contributed by atoms with E-state index in [-0.39, 0.29) is 0 Å². The lowest BCUT2D eigenvalue weighted by Crippen LogP contribution is -2.43. The van der Waals surface area contributed by atoms with E-state index in [0.29, 0.717) is 12.6 Å². The van der Waals surface area contributed by atoms with Gasteiger partial charge in [0.05, 0.1) is 12.2 Å². The number of nitrogens with one attached hydrogen (secondary N) is 2. The molecule has 0 aliphatic heterocycles. The number of hydrogen-bond donors (Lipinski definition) is 2. The van der Waals surface area contributed by atoms with Crippen LogP contribution in [0, 0.1) is 6.92 Å². The predicted molar refractivity (Wildman–Crippen MR) is 79.2 cm³/mol. The number of hydrogen-bond acceptors (Lipinski definition) is 2. The minimum atomic E-state index is 0.574. The summed E-state index contributed by atoms with van der Waals surface area (Å²) >= 11 is 0. The molecule has 1 aliphatic rings. The molecule has 0 bridgehead atoms. The maximum absolute atomic E-state index is 4.48. The zero-order valence-corrected chi connectivity index (χ0v) is 11.9. The van der Waals surface area contributed by atoms with Crippen molar-refractivity contribution in [3.05, 3.63) is 29.6 Å². The van der Waals surface area contributed by atoms with Crippen molar-refractivity contribution in [3.63, 3.8) is 0 Å². The summed E-state index contributed by atoms with van der Waals surface area (Å²) in [7, 11) is 1.82. The molecule has 104 valence electrons. The van der Waals surface area contributed by atoms with Crippen molar-refractivity contribution >= 4 is 5.96 Å². The van der Waals surface area contributed by atoms with E-state index in [0.717, 1.165) is 17.3 Å². The molecule has 2 rings (SSSR count). The van der Waals surface area contributed by atoms with Gasteiger partial charge in [0.1, 0.15) is 0 Å². The third-order valence-corrected chi connectivity index (χ3v) is 3.55. The lowest BCUT2D eigenvalue weighted by molar-refractivity contribution is 0.410. The molecule has 0 radical (unpaired) electrons. The summed E-state index contributed by atoms with van der Waals surface area (Å²) < 4.78 is 0. The number of guanidine groups is 1. The molecule has 1 saturated carbocycles. The number of aromatic nitrogens is 1. The fourth-order valence-corrected chi connectivity index (χ4v) is 2.51. The zero-order valence-electron chi connectivity index (χ0n) is 11.9. The Hall–Kier alpha value is -1.58. The van der Waals surface area contributed by atoms with Crippen LogP contribution in [0.4, 0.5) is 0 Å². The number of aryl methyl sites for hydroxylation is 1. The molecule has 0 amide bonds. The molecule has 1 aromatic heterocycles. The molecule has 0 saturated heterocycles. The Morgan fingerprint density at radius 3 is 2.79 bits per heavy atom. The van der Waals surface area contributed by atoms with Crippen LogP contribution < -0.4 is 10.6 Å². The average molecular weight is 260 g/mol. The van der Waals surface area contributed by atoms with Gasteiger partial charge >= 0.3 is 0 Å². The summed E-state index contributed by atoms with van der Waals surface area (Å²) in [6, 6.07) is 6.66. The molecule has 1 aromatic rings. The lowest BCUT2D eigenvalue weighted by Gasteiger charge is -2.24. The minimum Gasteiger partial charge on any atom is -0.354 e. The second kappa shape index (κ2) is 7.12. The van der Waals surface area contributed by atoms with Crippen LogP contribution >= 0.6 is 0 Å². The molecular weight excluding hydrogens is 236 g/mol. The van der Waals surface area contributed by atoms with E-state index in [9.17, 15) is 0 Å². The Bertz CT molecular complexity index is 422. The van der Waals surface area contributed by atoms with E-state index in [4.69, 9.17) is 0 Å². The van der Waals surface area contributed by atoms with Gasteiger partial charge in [-0.2, -0.15) is 0 Å². The fourth-order valence-electron chi connectivity index (χ4n) is 2.51. The second-order valence-electron chi connectivity index (χ2n) is 5.18. The van der Waals surface area contributed by atoms with Gasteiger partial charge in [-0.05, 0) is 31.9 Å². The normalized spacial score (nSPS) is 17.3. The van der Waals surface area contributed by atoms with Crippen molar-refractivity contribution in [1.82, 2.24) is 15.6 Å². The van der Waals surface area contributed by atoms with Crippen LogP contribution in [-0.2, 0) is 6.54 Å². The Balaban J connectivity index is 1.82. The molecule has 4 heteroatoms. The summed E-state index contributed by atoms with van der Waals surface area (Å²) in [5, 5.41) is 6.84. The molecule has 0 atom stereocenters. The van der Waals surface area contributed by atoms with Crippen molar-refractivity contribution in [2.24, 2.45) is 4.99 Å². The van der Waals surface area contributed by atoms with Crippen LogP contribution in [0.3, 0.4) is 0 Å². The SMILES string of the molecule is CN=C(NCc1cccc(C)n1)NC1CCCCC1. The highest BCUT2D eigenvalue weighted by Crippen LogP contribution is 2.17. The van der Waals surface area contributed by atoms with Gasteiger partial charge in [-0.1, -0.05) is 25.3 Å². The highest BCUT2D eigenvalue weighted by atomic mass is 15.2. The molecule has 0 spiro atoms. The van der Waals surface area contributed by atoms with Crippen LogP contribution in [0.5, 0.6) is 0 Å². The molecule has 0 unspecified atom stereocenters. The monoisotopic (exact) mass is 260 g/mol. The van der Waals surface area contributed by atoms with Crippen molar-refractivity contribution in [2.45, 2.75) is 51.6 Å². The van der Waals surface area contributed by atoms with E-state index in [2.05, 4.69) is 20.6 Å². The number of pyridine rings is 1. The predicted octanol–water partition coefficient (Wildman–Crippen LogP) is 2.39. The van der Waals surface area contributed by atoms with Gasteiger partial charge in [0.25, 0.3) is 0 Å². The lowest BCUT2D eigenvalue weighted by atomic mass is 9.96. The highest BCUT2D eigenvalue weighted by Gasteiger charge is 2.14. The second-order valence-corrected chi connectivity index (χ2v) is 5.18. The molecular formula is C15H24N4. The number of nitrogens with zero attached hydrogens (tertiary/aromatic N) is 2. The number of rotatable bonds is 3. The Morgan fingerprint density at radius 2 is 2.11 bits per heavy atom. The van der Waals surface area contributed by atoms with Crippen molar-refractivity contribution < 1.29 is 0 Å². The molecule has 19 heavy (non-hydrogen) atoms. The van der Waals surface area contributed by atoms with E-state index in [1.54, 1.807) is 0 Å². The maximum Gasteiger partial charge on any atom is 0.191 e. The van der Waals surface area contributed by atoms with Gasteiger partial charge in [0.2, 0.25) is 0 Å². The third-order valence-electron chi connectivity index (χ3n) is 3.55. The standard InChI is InChI=1S/C15H24N4/c1-12-7-6-10-14(18-12)11-17-15(16-2)19-13-8-4-3-5-9-13/h6-7,10,13H,3-5,8-9,11H2,1-2H3,(H2,16,17,19). The molecule has 4 nitrogen and oxygen atoms in total. The van der Waals surface area contributed by atoms with Crippen LogP contribution in [0.25, 0.3) is 0 Å². The van der Waals surface area contributed by atoms with Gasteiger partial charge < -0.3 is 10.6 Å². The zero-order chi connectivity index (χ0) is 13.5. The summed E-state index contributed by atoms with van der Waals surface area (Å²) in [6.45, 7) is 2.73. The molecule has 1 heterocycles. The first-order valence-electron chi connectivity index (χ1n) is 7.17. The average Bonchev–Trinajstić information content (AvgIpc) is 2.44. The van der Waals surface area contributed by atoms with Crippen LogP contribution in [0.15, 0.2) is 23.2 Å². The van der Waals surface area contributed by atoms with Gasteiger partial charge in [-0.3, -0.25) is 9.98 Å². The first kappa shape index (κ1) is 13.8. The third kappa shape index (κ3) is 4.54. The van der Waals surface area contributed by atoms with Crippen LogP contribution in [-0.4, -0.2) is 24.0 Å². The highest BCUT2D eigenvalue weighted by molar-refractivity contribution is 5.79. The maximum atomic E-state index is 4.48. The van der Waals surface area contributed by atoms with Crippen LogP contribution in [0.1, 0.15) is 43.5 Å². The van der Waals surface area contributed by atoms with E-state index in [1.807, 2.05) is 32.2 Å². The summed E-state index contributed by atoms with van der Waals surface area (Å²) in [5.41, 5.74) is 2.10. The van der Waals surface area contributed by atoms with Gasteiger partial charge in [-0.15, -0.1) is 0 Å². The van der Waals surface area contributed by atoms with E-state index < -0.39 is 0 Å². The first-order chi connectivity index (χ1) is 9.28. The Kier molecular flexibility index (Phi) is 5.19. The molecule has 0 aromatic carbocycles. The minimum absolute atomic E-state index is 0.574. The molecule has 1 fully saturated rings. The van der Waals surface area contributed by atoms with Crippen molar-refractivity contribution in [1.29, 1.82) is 0 Å². The topological polar surface area (TPSA) is 49.3 Å². The Morgan fingerprint density at radius 1 is 1.32 bits per heavy atom. The largest absolute Gasteiger partial charge is 0.354 e. The van der Waals surface area contributed by atoms with Gasteiger partial charge in [-0.25, -0.2) is 0 Å². The van der Waals surface area contributed by atoms with Gasteiger partial charge in [0.15, 0.2) is 5.96 Å². The summed E-state index contributed by atoms with van der Waals surface area (Å²) in [6.07, 6.45) is 6.53. The van der Waals surface area contributed by atoms with E-state index >= 15 is 0 Å². The Labute approximate surface area is 115 Å². The van der Waals surface area contributed by atoms with E-state index in [1.165, 1.54) is 32.1 Å². The van der Waals surface area contributed by atoms with Crippen LogP contribution in [0.2, 0.25) is 0 Å². The van der Waals surface area contributed by atoms with Crippen molar-refractivity contribution in [2.75, 3.05) is 7.05 Å². The van der Waals surface area contributed by atoms with Crippen molar-refractivity contribution in [3.8, 4) is 0 Å². The summed E-state index contributed by atoms with van der Waals surface area (Å²) in [4.78, 5) is 8.77. The molecule has 2 N–H and O–H groups in total. The number of aliphatic imine (C=N–C) groups is 1. The summed E-state index contributed by atoms with van der Waals surface area (Å²) in [5.74, 6) is 0.884.